The van der Waals surface area contributed by atoms with Crippen molar-refractivity contribution in [2.45, 2.75) is 27.2 Å². The number of azo groups is 1. The van der Waals surface area contributed by atoms with E-state index in [1.807, 2.05) is 49.4 Å². The number of anilines is 1. The summed E-state index contributed by atoms with van der Waals surface area (Å²) < 4.78 is 6.17. The lowest BCUT2D eigenvalue weighted by atomic mass is 10.1. The molecule has 6 nitrogen and oxygen atoms in total. The molecule has 0 saturated carbocycles. The minimum atomic E-state index is -0.379. The van der Waals surface area contributed by atoms with Crippen LogP contribution in [0, 0.1) is 18.3 Å². The Morgan fingerprint density at radius 3 is 2.70 bits per heavy atom. The smallest absolute Gasteiger partial charge is 0.350 e. The largest absolute Gasteiger partial charge is 0.462 e. The standard InChI is InChI=1S/C23H24N4O2S/c1-4-27(14-8-13-24)17-11-12-19(16(3)15-17)25-26-21-18-9-6-7-10-20(18)30-22(21)23(28)29-5-2/h6-7,9-12,15H,4-5,8,14H2,1-3H3. The number of rotatable bonds is 8. The molecule has 1 aromatic heterocycles. The van der Waals surface area contributed by atoms with Crippen LogP contribution in [0.1, 0.15) is 35.5 Å². The Bertz CT molecular complexity index is 1110. The highest BCUT2D eigenvalue weighted by Gasteiger charge is 2.19. The molecule has 0 atom stereocenters. The zero-order chi connectivity index (χ0) is 21.5. The van der Waals surface area contributed by atoms with E-state index in [9.17, 15) is 4.79 Å². The minimum Gasteiger partial charge on any atom is -0.462 e. The number of carbonyl (C=O) groups excluding carboxylic acids is 1. The highest BCUT2D eigenvalue weighted by atomic mass is 32.1. The van der Waals surface area contributed by atoms with Crippen molar-refractivity contribution >= 4 is 44.5 Å². The van der Waals surface area contributed by atoms with Gasteiger partial charge in [0.1, 0.15) is 10.6 Å². The van der Waals surface area contributed by atoms with Gasteiger partial charge in [-0.25, -0.2) is 4.79 Å². The van der Waals surface area contributed by atoms with Crippen LogP contribution in [-0.4, -0.2) is 25.7 Å². The molecule has 0 amide bonds. The molecule has 0 N–H and O–H groups in total. The highest BCUT2D eigenvalue weighted by Crippen LogP contribution is 2.39. The Morgan fingerprint density at radius 2 is 2.00 bits per heavy atom. The summed E-state index contributed by atoms with van der Waals surface area (Å²) in [5.41, 5.74) is 3.31. The number of fused-ring (bicyclic) bond motifs is 1. The lowest BCUT2D eigenvalue weighted by molar-refractivity contribution is 0.0533. The first-order valence-corrected chi connectivity index (χ1v) is 10.7. The van der Waals surface area contributed by atoms with Crippen LogP contribution < -0.4 is 4.90 Å². The average molecular weight is 421 g/mol. The Kier molecular flexibility index (Phi) is 7.15. The third kappa shape index (κ3) is 4.66. The molecule has 3 rings (SSSR count). The maximum absolute atomic E-state index is 12.4. The monoisotopic (exact) mass is 420 g/mol. The van der Waals surface area contributed by atoms with Crippen molar-refractivity contribution in [3.05, 3.63) is 52.9 Å². The van der Waals surface area contributed by atoms with Gasteiger partial charge in [-0.1, -0.05) is 18.2 Å². The third-order valence-electron chi connectivity index (χ3n) is 4.71. The van der Waals surface area contributed by atoms with Crippen LogP contribution in [0.25, 0.3) is 10.1 Å². The Labute approximate surface area is 180 Å². The first kappa shape index (κ1) is 21.5. The van der Waals surface area contributed by atoms with Gasteiger partial charge in [-0.05, 0) is 50.6 Å². The van der Waals surface area contributed by atoms with Crippen molar-refractivity contribution in [2.75, 3.05) is 24.6 Å². The lowest BCUT2D eigenvalue weighted by Crippen LogP contribution is -2.23. The summed E-state index contributed by atoms with van der Waals surface area (Å²) in [6.07, 6.45) is 0.482. The third-order valence-corrected chi connectivity index (χ3v) is 5.85. The van der Waals surface area contributed by atoms with E-state index < -0.39 is 0 Å². The molecule has 0 unspecified atom stereocenters. The fraction of sp³-hybridized carbons (Fsp3) is 0.304. The molecule has 7 heteroatoms. The molecule has 0 aliphatic carbocycles. The van der Waals surface area contributed by atoms with Crippen LogP contribution in [0.4, 0.5) is 17.1 Å². The first-order chi connectivity index (χ1) is 14.6. The van der Waals surface area contributed by atoms with Crippen LogP contribution in [0.5, 0.6) is 0 Å². The van der Waals surface area contributed by atoms with Gasteiger partial charge in [0.25, 0.3) is 0 Å². The number of ether oxygens (including phenoxy) is 1. The van der Waals surface area contributed by atoms with Gasteiger partial charge in [-0.3, -0.25) is 0 Å². The Hall–Kier alpha value is -3.24. The molecule has 0 aliphatic heterocycles. The SMILES string of the molecule is CCOC(=O)c1sc2ccccc2c1N=Nc1ccc(N(CC)CCC#N)cc1C. The molecule has 30 heavy (non-hydrogen) atoms. The molecular weight excluding hydrogens is 396 g/mol. The van der Waals surface area contributed by atoms with E-state index >= 15 is 0 Å². The second-order valence-corrected chi connectivity index (χ2v) is 7.71. The Balaban J connectivity index is 1.94. The van der Waals surface area contributed by atoms with Crippen molar-refractivity contribution in [2.24, 2.45) is 10.2 Å². The number of thiophene rings is 1. The highest BCUT2D eigenvalue weighted by molar-refractivity contribution is 7.21. The molecule has 0 saturated heterocycles. The van der Waals surface area contributed by atoms with Gasteiger partial charge in [0, 0.05) is 28.9 Å². The van der Waals surface area contributed by atoms with E-state index in [0.29, 0.717) is 30.1 Å². The maximum Gasteiger partial charge on any atom is 0.350 e. The molecule has 0 aliphatic rings. The van der Waals surface area contributed by atoms with Crippen LogP contribution in [-0.2, 0) is 4.74 Å². The van der Waals surface area contributed by atoms with Gasteiger partial charge in [0.05, 0.1) is 24.8 Å². The van der Waals surface area contributed by atoms with Crippen LogP contribution >= 0.6 is 11.3 Å². The summed E-state index contributed by atoms with van der Waals surface area (Å²) >= 11 is 1.37. The van der Waals surface area contributed by atoms with E-state index in [2.05, 4.69) is 28.1 Å². The molecule has 0 radical (unpaired) electrons. The first-order valence-electron chi connectivity index (χ1n) is 9.92. The predicted molar refractivity (Wildman–Crippen MR) is 121 cm³/mol. The van der Waals surface area contributed by atoms with E-state index in [0.717, 1.165) is 33.6 Å². The fourth-order valence-corrected chi connectivity index (χ4v) is 4.20. The number of nitrogens with zero attached hydrogens (tertiary/aromatic N) is 4. The second kappa shape index (κ2) is 9.99. The average Bonchev–Trinajstić information content (AvgIpc) is 3.12. The zero-order valence-corrected chi connectivity index (χ0v) is 18.2. The molecular formula is C23H24N4O2S. The number of hydrogen-bond donors (Lipinski definition) is 0. The summed E-state index contributed by atoms with van der Waals surface area (Å²) in [7, 11) is 0. The van der Waals surface area contributed by atoms with Crippen molar-refractivity contribution in [1.82, 2.24) is 0 Å². The van der Waals surface area contributed by atoms with E-state index in [-0.39, 0.29) is 5.97 Å². The van der Waals surface area contributed by atoms with Gasteiger partial charge >= 0.3 is 5.97 Å². The number of carbonyl (C=O) groups is 1. The van der Waals surface area contributed by atoms with Gasteiger partial charge in [-0.15, -0.1) is 16.5 Å². The van der Waals surface area contributed by atoms with E-state index in [1.54, 1.807) is 6.92 Å². The van der Waals surface area contributed by atoms with E-state index in [1.165, 1.54) is 11.3 Å². The molecule has 0 bridgehead atoms. The predicted octanol–water partition coefficient (Wildman–Crippen LogP) is 6.54. The molecule has 154 valence electrons. The number of esters is 1. The van der Waals surface area contributed by atoms with Crippen LogP contribution in [0.3, 0.4) is 0 Å². The van der Waals surface area contributed by atoms with Gasteiger partial charge in [0.2, 0.25) is 0 Å². The van der Waals surface area contributed by atoms with Crippen molar-refractivity contribution in [1.29, 1.82) is 5.26 Å². The molecule has 1 heterocycles. The zero-order valence-electron chi connectivity index (χ0n) is 17.4. The Morgan fingerprint density at radius 1 is 1.20 bits per heavy atom. The molecule has 0 fully saturated rings. The molecule has 3 aromatic rings. The molecule has 2 aromatic carbocycles. The van der Waals surface area contributed by atoms with Gasteiger partial charge in [-0.2, -0.15) is 10.4 Å². The van der Waals surface area contributed by atoms with Gasteiger partial charge in [0.15, 0.2) is 0 Å². The second-order valence-electron chi connectivity index (χ2n) is 6.65. The quantitative estimate of drug-likeness (QED) is 0.306. The number of hydrogen-bond acceptors (Lipinski definition) is 7. The summed E-state index contributed by atoms with van der Waals surface area (Å²) in [6.45, 7) is 7.66. The number of benzene rings is 2. The van der Waals surface area contributed by atoms with Crippen LogP contribution in [0.15, 0.2) is 52.7 Å². The van der Waals surface area contributed by atoms with Crippen molar-refractivity contribution < 1.29 is 9.53 Å². The fourth-order valence-electron chi connectivity index (χ4n) is 3.17. The summed E-state index contributed by atoms with van der Waals surface area (Å²) in [4.78, 5) is 15.0. The number of nitriles is 1. The van der Waals surface area contributed by atoms with Crippen molar-refractivity contribution in [3.63, 3.8) is 0 Å². The minimum absolute atomic E-state index is 0.309. The summed E-state index contributed by atoms with van der Waals surface area (Å²) in [5, 5.41) is 18.6. The lowest BCUT2D eigenvalue weighted by Gasteiger charge is -2.22. The summed E-state index contributed by atoms with van der Waals surface area (Å²) in [5.74, 6) is -0.379. The maximum atomic E-state index is 12.4. The van der Waals surface area contributed by atoms with E-state index in [4.69, 9.17) is 10.00 Å². The van der Waals surface area contributed by atoms with Gasteiger partial charge < -0.3 is 9.64 Å². The number of aryl methyl sites for hydroxylation is 1. The summed E-state index contributed by atoms with van der Waals surface area (Å²) in [6, 6.07) is 15.9. The molecule has 0 spiro atoms. The normalized spacial score (nSPS) is 11.0. The topological polar surface area (TPSA) is 78.0 Å². The van der Waals surface area contributed by atoms with Crippen LogP contribution in [0.2, 0.25) is 0 Å². The van der Waals surface area contributed by atoms with Crippen molar-refractivity contribution in [3.8, 4) is 6.07 Å².